The number of hydrogen-bond acceptors (Lipinski definition) is 1. The van der Waals surface area contributed by atoms with Crippen LogP contribution in [0, 0.1) is 5.92 Å². The predicted octanol–water partition coefficient (Wildman–Crippen LogP) is 2.57. The number of carbonyl (C=O) groups excluding carboxylic acids is 1. The van der Waals surface area contributed by atoms with E-state index < -0.39 is 0 Å². The van der Waals surface area contributed by atoms with Crippen molar-refractivity contribution in [2.75, 3.05) is 0 Å². The van der Waals surface area contributed by atoms with E-state index in [1.54, 1.807) is 0 Å². The summed E-state index contributed by atoms with van der Waals surface area (Å²) in [5.74, 6) is 0.251. The molecule has 0 N–H and O–H groups in total. The second-order valence-electron chi connectivity index (χ2n) is 2.49. The number of rotatable bonds is 5. The fourth-order valence-corrected chi connectivity index (χ4v) is 0.923. The Morgan fingerprint density at radius 2 is 2.20 bits per heavy atom. The highest BCUT2D eigenvalue weighted by atomic mass is 16.1. The first-order chi connectivity index (χ1) is 4.85. The number of carbonyl (C=O) groups is 1. The van der Waals surface area contributed by atoms with Gasteiger partial charge in [-0.25, -0.2) is 0 Å². The second-order valence-corrected chi connectivity index (χ2v) is 2.49. The first-order valence-electron chi connectivity index (χ1n) is 3.91. The van der Waals surface area contributed by atoms with Crippen LogP contribution in [0.3, 0.4) is 0 Å². The molecule has 0 saturated carbocycles. The van der Waals surface area contributed by atoms with Crippen molar-refractivity contribution >= 4 is 6.29 Å². The van der Waals surface area contributed by atoms with Crippen LogP contribution in [0.1, 0.15) is 33.1 Å². The van der Waals surface area contributed by atoms with E-state index in [1.165, 1.54) is 0 Å². The lowest BCUT2D eigenvalue weighted by Crippen LogP contribution is -1.98. The predicted molar refractivity (Wildman–Crippen MR) is 43.9 cm³/mol. The Morgan fingerprint density at radius 3 is 2.60 bits per heavy atom. The van der Waals surface area contributed by atoms with Gasteiger partial charge < -0.3 is 4.79 Å². The first-order valence-corrected chi connectivity index (χ1v) is 3.91. The molecule has 1 unspecified atom stereocenters. The van der Waals surface area contributed by atoms with Crippen molar-refractivity contribution in [1.29, 1.82) is 0 Å². The van der Waals surface area contributed by atoms with Crippen molar-refractivity contribution in [2.24, 2.45) is 5.92 Å². The molecule has 0 aliphatic rings. The summed E-state index contributed by atoms with van der Waals surface area (Å²) < 4.78 is 0. The number of hydrogen-bond donors (Lipinski definition) is 0. The molecular formula is C9H16O. The van der Waals surface area contributed by atoms with E-state index in [2.05, 4.69) is 13.0 Å². The van der Waals surface area contributed by atoms with Crippen LogP contribution in [0.4, 0.5) is 0 Å². The molecule has 0 fully saturated rings. The third-order valence-corrected chi connectivity index (χ3v) is 1.53. The summed E-state index contributed by atoms with van der Waals surface area (Å²) in [5.41, 5.74) is 0. The molecule has 0 bridgehead atoms. The highest BCUT2D eigenvalue weighted by molar-refractivity contribution is 5.53. The van der Waals surface area contributed by atoms with Crippen molar-refractivity contribution in [3.63, 3.8) is 0 Å². The van der Waals surface area contributed by atoms with Gasteiger partial charge in [0.2, 0.25) is 0 Å². The third-order valence-electron chi connectivity index (χ3n) is 1.53. The Hall–Kier alpha value is -0.590. The summed E-state index contributed by atoms with van der Waals surface area (Å²) in [6.07, 6.45) is 8.13. The zero-order valence-corrected chi connectivity index (χ0v) is 6.84. The lowest BCUT2D eigenvalue weighted by atomic mass is 10.0. The third kappa shape index (κ3) is 4.30. The summed E-state index contributed by atoms with van der Waals surface area (Å²) in [5, 5.41) is 0. The molecule has 0 aromatic rings. The SMILES string of the molecule is CC=CCC(C=O)CCC. The van der Waals surface area contributed by atoms with Crippen molar-refractivity contribution in [3.8, 4) is 0 Å². The van der Waals surface area contributed by atoms with Crippen molar-refractivity contribution in [1.82, 2.24) is 0 Å². The Kier molecular flexibility index (Phi) is 6.14. The summed E-state index contributed by atoms with van der Waals surface area (Å²) in [6.45, 7) is 4.08. The van der Waals surface area contributed by atoms with Crippen LogP contribution in [-0.4, -0.2) is 6.29 Å². The van der Waals surface area contributed by atoms with Gasteiger partial charge in [-0.3, -0.25) is 0 Å². The maximum atomic E-state index is 10.4. The van der Waals surface area contributed by atoms with Crippen LogP contribution in [0.15, 0.2) is 12.2 Å². The summed E-state index contributed by atoms with van der Waals surface area (Å²) in [6, 6.07) is 0. The van der Waals surface area contributed by atoms with Crippen LogP contribution < -0.4 is 0 Å². The van der Waals surface area contributed by atoms with Gasteiger partial charge in [-0.2, -0.15) is 0 Å². The van der Waals surface area contributed by atoms with E-state index in [0.717, 1.165) is 25.5 Å². The van der Waals surface area contributed by atoms with Crippen molar-refractivity contribution in [2.45, 2.75) is 33.1 Å². The van der Waals surface area contributed by atoms with Gasteiger partial charge in [0.05, 0.1) is 0 Å². The second kappa shape index (κ2) is 6.53. The highest BCUT2D eigenvalue weighted by Gasteiger charge is 2.01. The lowest BCUT2D eigenvalue weighted by molar-refractivity contribution is -0.111. The largest absolute Gasteiger partial charge is 0.303 e. The van der Waals surface area contributed by atoms with E-state index in [0.29, 0.717) is 0 Å². The van der Waals surface area contributed by atoms with E-state index >= 15 is 0 Å². The highest BCUT2D eigenvalue weighted by Crippen LogP contribution is 2.08. The molecule has 0 heterocycles. The van der Waals surface area contributed by atoms with Crippen LogP contribution in [-0.2, 0) is 4.79 Å². The molecule has 1 heteroatoms. The maximum absolute atomic E-state index is 10.4. The molecule has 0 rings (SSSR count). The monoisotopic (exact) mass is 140 g/mol. The van der Waals surface area contributed by atoms with Gasteiger partial charge >= 0.3 is 0 Å². The number of aldehydes is 1. The summed E-state index contributed by atoms with van der Waals surface area (Å²) >= 11 is 0. The van der Waals surface area contributed by atoms with Crippen LogP contribution >= 0.6 is 0 Å². The molecule has 1 atom stereocenters. The molecule has 10 heavy (non-hydrogen) atoms. The standard InChI is InChI=1S/C9H16O/c1-3-5-7-9(8-10)6-4-2/h3,5,8-9H,4,6-7H2,1-2H3. The zero-order valence-electron chi connectivity index (χ0n) is 6.84. The molecule has 0 spiro atoms. The zero-order chi connectivity index (χ0) is 7.82. The Bertz CT molecular complexity index is 105. The summed E-state index contributed by atoms with van der Waals surface area (Å²) in [4.78, 5) is 10.4. The van der Waals surface area contributed by atoms with Crippen LogP contribution in [0.2, 0.25) is 0 Å². The fourth-order valence-electron chi connectivity index (χ4n) is 0.923. The molecule has 58 valence electrons. The quantitative estimate of drug-likeness (QED) is 0.423. The Balaban J connectivity index is 3.49. The average Bonchev–Trinajstić information content (AvgIpc) is 1.98. The topological polar surface area (TPSA) is 17.1 Å². The molecule has 0 aromatic carbocycles. The van der Waals surface area contributed by atoms with Gasteiger partial charge in [-0.05, 0) is 19.8 Å². The minimum absolute atomic E-state index is 0.251. The first kappa shape index (κ1) is 9.41. The lowest BCUT2D eigenvalue weighted by Gasteiger charge is -2.02. The van der Waals surface area contributed by atoms with Crippen LogP contribution in [0.5, 0.6) is 0 Å². The van der Waals surface area contributed by atoms with E-state index in [-0.39, 0.29) is 5.92 Å². The molecule has 0 radical (unpaired) electrons. The van der Waals surface area contributed by atoms with Crippen LogP contribution in [0.25, 0.3) is 0 Å². The molecule has 0 saturated heterocycles. The van der Waals surface area contributed by atoms with Crippen molar-refractivity contribution in [3.05, 3.63) is 12.2 Å². The fraction of sp³-hybridized carbons (Fsp3) is 0.667. The molecule has 1 nitrogen and oxygen atoms in total. The van der Waals surface area contributed by atoms with Gasteiger partial charge in [0.1, 0.15) is 6.29 Å². The minimum atomic E-state index is 0.251. The van der Waals surface area contributed by atoms with E-state index in [4.69, 9.17) is 0 Å². The molecular weight excluding hydrogens is 124 g/mol. The molecule has 0 amide bonds. The van der Waals surface area contributed by atoms with E-state index in [9.17, 15) is 4.79 Å². The Morgan fingerprint density at radius 1 is 1.50 bits per heavy atom. The Labute approximate surface area is 63.1 Å². The van der Waals surface area contributed by atoms with Gasteiger partial charge in [0, 0.05) is 5.92 Å². The molecule has 0 aliphatic heterocycles. The van der Waals surface area contributed by atoms with Gasteiger partial charge in [-0.15, -0.1) is 0 Å². The van der Waals surface area contributed by atoms with Gasteiger partial charge in [-0.1, -0.05) is 25.5 Å². The number of allylic oxidation sites excluding steroid dienone is 2. The van der Waals surface area contributed by atoms with Gasteiger partial charge in [0.15, 0.2) is 0 Å². The normalized spacial score (nSPS) is 13.8. The van der Waals surface area contributed by atoms with Gasteiger partial charge in [0.25, 0.3) is 0 Å². The smallest absolute Gasteiger partial charge is 0.123 e. The molecule has 0 aliphatic carbocycles. The van der Waals surface area contributed by atoms with Crippen molar-refractivity contribution < 1.29 is 4.79 Å². The molecule has 0 aromatic heterocycles. The average molecular weight is 140 g/mol. The summed E-state index contributed by atoms with van der Waals surface area (Å²) in [7, 11) is 0. The maximum Gasteiger partial charge on any atom is 0.123 e. The van der Waals surface area contributed by atoms with E-state index in [1.807, 2.05) is 13.0 Å². The minimum Gasteiger partial charge on any atom is -0.303 e.